The Bertz CT molecular complexity index is 684. The summed E-state index contributed by atoms with van der Waals surface area (Å²) in [5.41, 5.74) is 3.93. The molecule has 4 heteroatoms. The van der Waals surface area contributed by atoms with Crippen molar-refractivity contribution in [2.24, 2.45) is 0 Å². The first-order chi connectivity index (χ1) is 11.7. The van der Waals surface area contributed by atoms with Crippen molar-refractivity contribution in [3.8, 4) is 0 Å². The SMILES string of the molecule is O=C(CN[C@H]1CCCc2ccccc21)NCCc1ccc(Cl)cc1. The van der Waals surface area contributed by atoms with Crippen LogP contribution < -0.4 is 10.6 Å². The van der Waals surface area contributed by atoms with E-state index in [0.29, 0.717) is 13.1 Å². The highest BCUT2D eigenvalue weighted by molar-refractivity contribution is 6.30. The lowest BCUT2D eigenvalue weighted by atomic mass is 9.88. The van der Waals surface area contributed by atoms with E-state index in [1.54, 1.807) is 0 Å². The number of nitrogens with one attached hydrogen (secondary N) is 2. The van der Waals surface area contributed by atoms with E-state index in [0.717, 1.165) is 24.3 Å². The number of carbonyl (C=O) groups excluding carboxylic acids is 1. The maximum atomic E-state index is 12.0. The molecule has 0 spiro atoms. The first-order valence-electron chi connectivity index (χ1n) is 8.55. The minimum absolute atomic E-state index is 0.0482. The van der Waals surface area contributed by atoms with Crippen LogP contribution in [0.3, 0.4) is 0 Å². The maximum Gasteiger partial charge on any atom is 0.233 e. The minimum atomic E-state index is 0.0482. The molecule has 1 atom stereocenters. The molecule has 3 nitrogen and oxygen atoms in total. The van der Waals surface area contributed by atoms with Crippen molar-refractivity contribution < 1.29 is 4.79 Å². The van der Waals surface area contributed by atoms with Crippen LogP contribution in [0.2, 0.25) is 5.02 Å². The number of aryl methyl sites for hydroxylation is 1. The molecule has 0 heterocycles. The molecular formula is C20H23ClN2O. The average molecular weight is 343 g/mol. The van der Waals surface area contributed by atoms with Gasteiger partial charge in [0.1, 0.15) is 0 Å². The normalized spacial score (nSPS) is 16.5. The molecule has 1 amide bonds. The molecular weight excluding hydrogens is 320 g/mol. The third kappa shape index (κ3) is 4.59. The number of benzene rings is 2. The van der Waals surface area contributed by atoms with Crippen molar-refractivity contribution in [1.29, 1.82) is 0 Å². The summed E-state index contributed by atoms with van der Waals surface area (Å²) < 4.78 is 0. The Morgan fingerprint density at radius 1 is 1.12 bits per heavy atom. The van der Waals surface area contributed by atoms with Crippen LogP contribution in [-0.2, 0) is 17.6 Å². The fraction of sp³-hybridized carbons (Fsp3) is 0.350. The smallest absolute Gasteiger partial charge is 0.233 e. The Morgan fingerprint density at radius 3 is 2.75 bits per heavy atom. The van der Waals surface area contributed by atoms with Gasteiger partial charge in [0.15, 0.2) is 0 Å². The van der Waals surface area contributed by atoms with Gasteiger partial charge in [-0.1, -0.05) is 48.0 Å². The Hall–Kier alpha value is -1.84. The molecule has 2 N–H and O–H groups in total. The Balaban J connectivity index is 1.42. The minimum Gasteiger partial charge on any atom is -0.355 e. The second kappa shape index (κ2) is 8.32. The summed E-state index contributed by atoms with van der Waals surface area (Å²) >= 11 is 5.87. The van der Waals surface area contributed by atoms with Gasteiger partial charge in [-0.3, -0.25) is 4.79 Å². The van der Waals surface area contributed by atoms with Gasteiger partial charge in [-0.05, 0) is 54.5 Å². The van der Waals surface area contributed by atoms with Gasteiger partial charge in [-0.2, -0.15) is 0 Å². The fourth-order valence-corrected chi connectivity index (χ4v) is 3.37. The average Bonchev–Trinajstić information content (AvgIpc) is 2.61. The second-order valence-electron chi connectivity index (χ2n) is 6.25. The largest absolute Gasteiger partial charge is 0.355 e. The summed E-state index contributed by atoms with van der Waals surface area (Å²) in [6.07, 6.45) is 4.22. The molecule has 24 heavy (non-hydrogen) atoms. The van der Waals surface area contributed by atoms with Gasteiger partial charge in [-0.15, -0.1) is 0 Å². The quantitative estimate of drug-likeness (QED) is 0.841. The van der Waals surface area contributed by atoms with Gasteiger partial charge in [0.05, 0.1) is 6.54 Å². The molecule has 2 aromatic carbocycles. The van der Waals surface area contributed by atoms with E-state index in [9.17, 15) is 4.79 Å². The molecule has 0 unspecified atom stereocenters. The molecule has 0 saturated heterocycles. The number of amides is 1. The number of rotatable bonds is 6. The fourth-order valence-electron chi connectivity index (χ4n) is 3.24. The van der Waals surface area contributed by atoms with Gasteiger partial charge in [0.25, 0.3) is 0 Å². The highest BCUT2D eigenvalue weighted by atomic mass is 35.5. The van der Waals surface area contributed by atoms with Crippen LogP contribution in [0.5, 0.6) is 0 Å². The summed E-state index contributed by atoms with van der Waals surface area (Å²) in [5.74, 6) is 0.0482. The molecule has 2 aromatic rings. The van der Waals surface area contributed by atoms with Crippen molar-refractivity contribution in [1.82, 2.24) is 10.6 Å². The third-order valence-electron chi connectivity index (χ3n) is 4.53. The zero-order valence-electron chi connectivity index (χ0n) is 13.7. The van der Waals surface area contributed by atoms with Gasteiger partial charge in [0, 0.05) is 17.6 Å². The standard InChI is InChI=1S/C20H23ClN2O/c21-17-10-8-15(9-11-17)12-13-22-20(24)14-23-19-7-3-5-16-4-1-2-6-18(16)19/h1-2,4,6,8-11,19,23H,3,5,7,12-14H2,(H,22,24)/t19-/m0/s1. The van der Waals surface area contributed by atoms with E-state index in [4.69, 9.17) is 11.6 Å². The molecule has 0 aromatic heterocycles. The summed E-state index contributed by atoms with van der Waals surface area (Å²) in [5, 5.41) is 7.11. The van der Waals surface area contributed by atoms with Crippen LogP contribution in [0, 0.1) is 0 Å². The van der Waals surface area contributed by atoms with E-state index < -0.39 is 0 Å². The van der Waals surface area contributed by atoms with Gasteiger partial charge in [0.2, 0.25) is 5.91 Å². The van der Waals surface area contributed by atoms with Crippen LogP contribution in [0.25, 0.3) is 0 Å². The highest BCUT2D eigenvalue weighted by Gasteiger charge is 2.19. The lowest BCUT2D eigenvalue weighted by molar-refractivity contribution is -0.120. The first kappa shape index (κ1) is 17.0. The molecule has 0 radical (unpaired) electrons. The Kier molecular flexibility index (Phi) is 5.89. The predicted molar refractivity (Wildman–Crippen MR) is 98.3 cm³/mol. The predicted octanol–water partition coefficient (Wildman–Crippen LogP) is 3.67. The van der Waals surface area contributed by atoms with Crippen molar-refractivity contribution in [2.75, 3.05) is 13.1 Å². The molecule has 1 aliphatic carbocycles. The van der Waals surface area contributed by atoms with E-state index >= 15 is 0 Å². The first-order valence-corrected chi connectivity index (χ1v) is 8.92. The van der Waals surface area contributed by atoms with Crippen molar-refractivity contribution in [2.45, 2.75) is 31.7 Å². The third-order valence-corrected chi connectivity index (χ3v) is 4.78. The van der Waals surface area contributed by atoms with Crippen LogP contribution in [-0.4, -0.2) is 19.0 Å². The molecule has 1 aliphatic rings. The summed E-state index contributed by atoms with van der Waals surface area (Å²) in [6.45, 7) is 1.00. The lowest BCUT2D eigenvalue weighted by Gasteiger charge is -2.26. The summed E-state index contributed by atoms with van der Waals surface area (Å²) in [6, 6.07) is 16.5. The van der Waals surface area contributed by atoms with Gasteiger partial charge < -0.3 is 10.6 Å². The maximum absolute atomic E-state index is 12.0. The summed E-state index contributed by atoms with van der Waals surface area (Å²) in [7, 11) is 0. The highest BCUT2D eigenvalue weighted by Crippen LogP contribution is 2.29. The molecule has 3 rings (SSSR count). The number of hydrogen-bond acceptors (Lipinski definition) is 2. The van der Waals surface area contributed by atoms with Crippen LogP contribution >= 0.6 is 11.6 Å². The van der Waals surface area contributed by atoms with Crippen molar-refractivity contribution >= 4 is 17.5 Å². The zero-order valence-corrected chi connectivity index (χ0v) is 14.5. The number of fused-ring (bicyclic) bond motifs is 1. The molecule has 126 valence electrons. The van der Waals surface area contributed by atoms with E-state index in [-0.39, 0.29) is 11.9 Å². The van der Waals surface area contributed by atoms with Crippen LogP contribution in [0.4, 0.5) is 0 Å². The topological polar surface area (TPSA) is 41.1 Å². The molecule has 0 aliphatic heterocycles. The Labute approximate surface area is 148 Å². The van der Waals surface area contributed by atoms with E-state index in [1.807, 2.05) is 24.3 Å². The Morgan fingerprint density at radius 2 is 1.92 bits per heavy atom. The van der Waals surface area contributed by atoms with Gasteiger partial charge >= 0.3 is 0 Å². The molecule has 0 saturated carbocycles. The van der Waals surface area contributed by atoms with Crippen LogP contribution in [0.1, 0.15) is 35.6 Å². The van der Waals surface area contributed by atoms with Gasteiger partial charge in [-0.25, -0.2) is 0 Å². The number of hydrogen-bond donors (Lipinski definition) is 2. The van der Waals surface area contributed by atoms with Crippen molar-refractivity contribution in [3.05, 3.63) is 70.2 Å². The number of carbonyl (C=O) groups is 1. The monoisotopic (exact) mass is 342 g/mol. The molecule has 0 bridgehead atoms. The van der Waals surface area contributed by atoms with Crippen LogP contribution in [0.15, 0.2) is 48.5 Å². The van der Waals surface area contributed by atoms with Crippen molar-refractivity contribution in [3.63, 3.8) is 0 Å². The lowest BCUT2D eigenvalue weighted by Crippen LogP contribution is -2.37. The second-order valence-corrected chi connectivity index (χ2v) is 6.69. The summed E-state index contributed by atoms with van der Waals surface area (Å²) in [4.78, 5) is 12.0. The molecule has 0 fully saturated rings. The zero-order chi connectivity index (χ0) is 16.8. The number of halogens is 1. The van der Waals surface area contributed by atoms with E-state index in [2.05, 4.69) is 34.9 Å². The van der Waals surface area contributed by atoms with E-state index in [1.165, 1.54) is 23.1 Å².